The molecule has 1 N–H and O–H groups in total. The van der Waals surface area contributed by atoms with Crippen molar-refractivity contribution in [2.45, 2.75) is 104 Å². The summed E-state index contributed by atoms with van der Waals surface area (Å²) in [6, 6.07) is 0. The number of carbonyl (C=O) groups is 2. The molecule has 0 aromatic rings. The number of esters is 1. The molecule has 25 heavy (non-hydrogen) atoms. The van der Waals surface area contributed by atoms with Gasteiger partial charge in [-0.1, -0.05) is 59.3 Å². The first-order valence-corrected chi connectivity index (χ1v) is 9.33. The van der Waals surface area contributed by atoms with Crippen LogP contribution in [0.25, 0.3) is 0 Å². The summed E-state index contributed by atoms with van der Waals surface area (Å²) >= 11 is 0. The Morgan fingerprint density at radius 3 is 2.08 bits per heavy atom. The molecule has 0 rings (SSSR count). The van der Waals surface area contributed by atoms with E-state index in [1.165, 1.54) is 25.7 Å². The first-order valence-electron chi connectivity index (χ1n) is 9.33. The molecule has 4 nitrogen and oxygen atoms in total. The summed E-state index contributed by atoms with van der Waals surface area (Å²) < 4.78 is 5.69. The molecule has 6 heteroatoms. The van der Waals surface area contributed by atoms with E-state index in [1.54, 1.807) is 0 Å². The molecule has 2 unspecified atom stereocenters. The zero-order valence-corrected chi connectivity index (χ0v) is 19.5. The van der Waals surface area contributed by atoms with E-state index in [0.717, 1.165) is 38.5 Å². The van der Waals surface area contributed by atoms with Crippen LogP contribution in [0.5, 0.6) is 0 Å². The standard InChI is InChI=1S/C19H36O4.Li.Na.2H/c1-5-8-10-12-14-19(4,23-18(22)15-17(20)21)16(7-3)13-11-9-6-2;;;;/h16H,5-15H2,1-4H3,(H,20,21);;;;/q;2*+1;2*-1. The fraction of sp³-hybridized carbons (Fsp3) is 0.895. The van der Waals surface area contributed by atoms with E-state index in [1.807, 2.05) is 6.92 Å². The largest absolute Gasteiger partial charge is 1.00 e. The molecule has 0 saturated carbocycles. The van der Waals surface area contributed by atoms with Crippen LogP contribution in [-0.4, -0.2) is 22.6 Å². The van der Waals surface area contributed by atoms with Gasteiger partial charge in [-0.2, -0.15) is 0 Å². The topological polar surface area (TPSA) is 63.6 Å². The molecule has 0 amide bonds. The molecule has 0 spiro atoms. The molecule has 0 aromatic heterocycles. The van der Waals surface area contributed by atoms with Gasteiger partial charge < -0.3 is 12.7 Å². The second-order valence-electron chi connectivity index (χ2n) is 6.77. The van der Waals surface area contributed by atoms with Gasteiger partial charge in [0.25, 0.3) is 0 Å². The normalized spacial score (nSPS) is 13.8. The third-order valence-electron chi connectivity index (χ3n) is 4.68. The van der Waals surface area contributed by atoms with Gasteiger partial charge in [-0.25, -0.2) is 0 Å². The molecule has 0 saturated heterocycles. The van der Waals surface area contributed by atoms with Crippen LogP contribution in [0.2, 0.25) is 0 Å². The minimum Gasteiger partial charge on any atom is -1.00 e. The maximum Gasteiger partial charge on any atom is 1.00 e. The van der Waals surface area contributed by atoms with Crippen molar-refractivity contribution in [3.63, 3.8) is 0 Å². The SMILES string of the molecule is CCCCCCC(C)(OC(=O)CC(=O)O)C(CC)CCCCC.[H-].[H-].[Li+].[Na+]. The third-order valence-corrected chi connectivity index (χ3v) is 4.68. The van der Waals surface area contributed by atoms with Gasteiger partial charge in [-0.15, -0.1) is 0 Å². The van der Waals surface area contributed by atoms with Crippen LogP contribution in [-0.2, 0) is 14.3 Å². The fourth-order valence-corrected chi connectivity index (χ4v) is 3.24. The van der Waals surface area contributed by atoms with Crippen molar-refractivity contribution < 1.29 is 70.7 Å². The molecule has 2 atom stereocenters. The Labute approximate surface area is 191 Å². The Balaban J connectivity index is -0.000000403. The Bertz CT molecular complexity index is 363. The number of carbonyl (C=O) groups excluding carboxylic acids is 1. The summed E-state index contributed by atoms with van der Waals surface area (Å²) in [7, 11) is 0. The molecule has 0 aromatic carbocycles. The number of carboxylic acid groups (broad SMARTS) is 1. The van der Waals surface area contributed by atoms with Crippen LogP contribution in [0.1, 0.15) is 101 Å². The average Bonchev–Trinajstić information content (AvgIpc) is 2.47. The molecule has 0 aliphatic carbocycles. The van der Waals surface area contributed by atoms with Gasteiger partial charge in [0.2, 0.25) is 0 Å². The number of unbranched alkanes of at least 4 members (excludes halogenated alkanes) is 5. The Morgan fingerprint density at radius 1 is 1.04 bits per heavy atom. The average molecular weight is 360 g/mol. The van der Waals surface area contributed by atoms with E-state index in [4.69, 9.17) is 9.84 Å². The van der Waals surface area contributed by atoms with Crippen molar-refractivity contribution in [1.82, 2.24) is 0 Å². The molecule has 0 bridgehead atoms. The van der Waals surface area contributed by atoms with Crippen molar-refractivity contribution in [2.24, 2.45) is 5.92 Å². The minimum absolute atomic E-state index is 0. The first kappa shape index (κ1) is 30.3. The fourth-order valence-electron chi connectivity index (χ4n) is 3.24. The second-order valence-corrected chi connectivity index (χ2v) is 6.77. The summed E-state index contributed by atoms with van der Waals surface area (Å²) in [6.45, 7) is 8.48. The molecule has 0 aliphatic rings. The summed E-state index contributed by atoms with van der Waals surface area (Å²) in [4.78, 5) is 22.6. The van der Waals surface area contributed by atoms with Crippen LogP contribution >= 0.6 is 0 Å². The Hall–Kier alpha value is 0.537. The predicted molar refractivity (Wildman–Crippen MR) is 95.7 cm³/mol. The van der Waals surface area contributed by atoms with Gasteiger partial charge in [0.15, 0.2) is 0 Å². The molecule has 0 aliphatic heterocycles. The monoisotopic (exact) mass is 360 g/mol. The zero-order valence-electron chi connectivity index (χ0n) is 19.5. The number of aliphatic carboxylic acids is 1. The van der Waals surface area contributed by atoms with Crippen LogP contribution in [0, 0.1) is 5.92 Å². The molecule has 140 valence electrons. The molecular weight excluding hydrogens is 322 g/mol. The quantitative estimate of drug-likeness (QED) is 0.198. The smallest absolute Gasteiger partial charge is 1.00 e. The minimum atomic E-state index is -1.12. The predicted octanol–water partition coefficient (Wildman–Crippen LogP) is -0.427. The molecular formula is C19H38LiNaO4. The van der Waals surface area contributed by atoms with Crippen molar-refractivity contribution in [2.75, 3.05) is 0 Å². The van der Waals surface area contributed by atoms with Crippen molar-refractivity contribution in [1.29, 1.82) is 0 Å². The van der Waals surface area contributed by atoms with Gasteiger partial charge in [-0.3, -0.25) is 9.59 Å². The van der Waals surface area contributed by atoms with Crippen molar-refractivity contribution in [3.05, 3.63) is 0 Å². The van der Waals surface area contributed by atoms with Crippen LogP contribution < -0.4 is 48.4 Å². The maximum atomic E-state index is 11.9. The summed E-state index contributed by atoms with van der Waals surface area (Å²) in [6.07, 6.45) is 10.3. The number of ether oxygens (including phenoxy) is 1. The van der Waals surface area contributed by atoms with E-state index in [2.05, 4.69) is 20.8 Å². The van der Waals surface area contributed by atoms with Gasteiger partial charge in [0.05, 0.1) is 0 Å². The summed E-state index contributed by atoms with van der Waals surface area (Å²) in [5, 5.41) is 8.80. The number of carboxylic acids is 1. The van der Waals surface area contributed by atoms with Gasteiger partial charge in [-0.05, 0) is 38.5 Å². The van der Waals surface area contributed by atoms with E-state index >= 15 is 0 Å². The van der Waals surface area contributed by atoms with Crippen LogP contribution in [0.4, 0.5) is 0 Å². The molecule has 0 radical (unpaired) electrons. The van der Waals surface area contributed by atoms with E-state index < -0.39 is 24.0 Å². The van der Waals surface area contributed by atoms with Crippen LogP contribution in [0.3, 0.4) is 0 Å². The second kappa shape index (κ2) is 17.9. The number of hydrogen-bond acceptors (Lipinski definition) is 3. The number of hydrogen-bond donors (Lipinski definition) is 1. The zero-order chi connectivity index (χ0) is 17.7. The maximum absolute atomic E-state index is 11.9. The van der Waals surface area contributed by atoms with E-state index in [-0.39, 0.29) is 51.3 Å². The first-order chi connectivity index (χ1) is 10.9. The van der Waals surface area contributed by atoms with Gasteiger partial charge in [0.1, 0.15) is 12.0 Å². The van der Waals surface area contributed by atoms with Gasteiger partial charge >= 0.3 is 60.4 Å². The summed E-state index contributed by atoms with van der Waals surface area (Å²) in [5.41, 5.74) is -0.539. The molecule has 0 heterocycles. The molecule has 0 fully saturated rings. The number of rotatable bonds is 14. The Kier molecular flexibility index (Phi) is 21.7. The third kappa shape index (κ3) is 14.3. The summed E-state index contributed by atoms with van der Waals surface area (Å²) in [5.74, 6) is -1.43. The van der Waals surface area contributed by atoms with Gasteiger partial charge in [0, 0.05) is 0 Å². The van der Waals surface area contributed by atoms with E-state index in [9.17, 15) is 9.59 Å². The van der Waals surface area contributed by atoms with Crippen molar-refractivity contribution >= 4 is 11.9 Å². The van der Waals surface area contributed by atoms with Crippen LogP contribution in [0.15, 0.2) is 0 Å². The Morgan fingerprint density at radius 2 is 1.60 bits per heavy atom. The van der Waals surface area contributed by atoms with E-state index in [0.29, 0.717) is 5.92 Å². The van der Waals surface area contributed by atoms with Crippen molar-refractivity contribution in [3.8, 4) is 0 Å².